The summed E-state index contributed by atoms with van der Waals surface area (Å²) in [7, 11) is 0. The van der Waals surface area contributed by atoms with Gasteiger partial charge in [0.2, 0.25) is 0 Å². The normalized spacial score (nSPS) is 9.91. The number of halogens is 3. The lowest BCUT2D eigenvalue weighted by Gasteiger charge is -2.09. The number of carbonyl (C=O) groups is 1. The Morgan fingerprint density at radius 3 is 2.45 bits per heavy atom. The Labute approximate surface area is 141 Å². The number of nitrogens with zero attached hydrogens (tertiary/aromatic N) is 1. The van der Waals surface area contributed by atoms with E-state index in [4.69, 9.17) is 49.5 Å². The smallest absolute Gasteiger partial charge is 0.349 e. The Morgan fingerprint density at radius 2 is 1.73 bits per heavy atom. The largest absolute Gasteiger partial charge is 0.480 e. The van der Waals surface area contributed by atoms with E-state index in [1.807, 2.05) is 6.07 Å². The minimum Gasteiger partial charge on any atom is -0.480 e. The number of benzene rings is 2. The summed E-state index contributed by atoms with van der Waals surface area (Å²) >= 11 is 17.6. The number of hydrogen-bond donors (Lipinski definition) is 0. The van der Waals surface area contributed by atoms with E-state index in [-0.39, 0.29) is 32.1 Å². The van der Waals surface area contributed by atoms with Crippen LogP contribution in [0, 0.1) is 11.3 Å². The summed E-state index contributed by atoms with van der Waals surface area (Å²) in [5, 5.41) is 9.67. The number of carbonyl (C=O) groups excluding carboxylic acids is 1. The van der Waals surface area contributed by atoms with Crippen LogP contribution < -0.4 is 9.47 Å². The van der Waals surface area contributed by atoms with E-state index in [1.165, 1.54) is 18.2 Å². The molecule has 7 heteroatoms. The van der Waals surface area contributed by atoms with Gasteiger partial charge in [0.25, 0.3) is 0 Å². The summed E-state index contributed by atoms with van der Waals surface area (Å²) in [6.45, 7) is -0.391. The van der Waals surface area contributed by atoms with Gasteiger partial charge in [-0.15, -0.1) is 0 Å². The quantitative estimate of drug-likeness (QED) is 0.459. The van der Waals surface area contributed by atoms with Crippen LogP contribution in [-0.2, 0) is 4.79 Å². The fraction of sp³-hybridized carbons (Fsp3) is 0.0667. The van der Waals surface area contributed by atoms with Crippen molar-refractivity contribution < 1.29 is 14.3 Å². The molecule has 0 amide bonds. The highest BCUT2D eigenvalue weighted by Gasteiger charge is 2.12. The van der Waals surface area contributed by atoms with Crippen molar-refractivity contribution >= 4 is 40.8 Å². The fourth-order valence-electron chi connectivity index (χ4n) is 1.55. The van der Waals surface area contributed by atoms with Gasteiger partial charge in [0, 0.05) is 6.07 Å². The van der Waals surface area contributed by atoms with Crippen LogP contribution in [0.4, 0.5) is 0 Å². The molecule has 0 radical (unpaired) electrons. The van der Waals surface area contributed by atoms with Crippen molar-refractivity contribution in [2.45, 2.75) is 0 Å². The SMILES string of the molecule is N#Cc1ccccc1OC(=O)COc1cc(Cl)c(Cl)cc1Cl. The second-order valence-electron chi connectivity index (χ2n) is 4.07. The average molecular weight is 357 g/mol. The zero-order valence-corrected chi connectivity index (χ0v) is 13.2. The van der Waals surface area contributed by atoms with Crippen molar-refractivity contribution in [3.63, 3.8) is 0 Å². The van der Waals surface area contributed by atoms with E-state index < -0.39 is 12.6 Å². The Bertz CT molecular complexity index is 756. The van der Waals surface area contributed by atoms with Gasteiger partial charge in [-0.2, -0.15) is 5.26 Å². The maximum Gasteiger partial charge on any atom is 0.349 e. The molecule has 112 valence electrons. The molecular weight excluding hydrogens is 349 g/mol. The molecule has 0 aliphatic heterocycles. The summed E-state index contributed by atoms with van der Waals surface area (Å²) in [5.74, 6) is -0.301. The highest BCUT2D eigenvalue weighted by molar-refractivity contribution is 6.43. The van der Waals surface area contributed by atoms with Gasteiger partial charge >= 0.3 is 5.97 Å². The molecule has 2 aromatic carbocycles. The predicted octanol–water partition coefficient (Wildman–Crippen LogP) is 4.50. The van der Waals surface area contributed by atoms with Crippen LogP contribution in [0.2, 0.25) is 15.1 Å². The van der Waals surface area contributed by atoms with E-state index in [0.717, 1.165) is 0 Å². The van der Waals surface area contributed by atoms with Crippen LogP contribution in [-0.4, -0.2) is 12.6 Å². The first-order chi connectivity index (χ1) is 10.5. The molecule has 0 aliphatic carbocycles. The van der Waals surface area contributed by atoms with Gasteiger partial charge in [0.05, 0.1) is 20.6 Å². The molecule has 0 spiro atoms. The number of hydrogen-bond acceptors (Lipinski definition) is 4. The maximum absolute atomic E-state index is 11.8. The highest BCUT2D eigenvalue weighted by atomic mass is 35.5. The summed E-state index contributed by atoms with van der Waals surface area (Å²) in [5.41, 5.74) is 0.253. The molecule has 0 aliphatic rings. The molecule has 0 fully saturated rings. The van der Waals surface area contributed by atoms with Crippen LogP contribution in [0.15, 0.2) is 36.4 Å². The molecule has 4 nitrogen and oxygen atoms in total. The molecule has 0 bridgehead atoms. The minimum absolute atomic E-state index is 0.166. The van der Waals surface area contributed by atoms with E-state index in [2.05, 4.69) is 0 Å². The zero-order valence-electron chi connectivity index (χ0n) is 11.0. The van der Waals surface area contributed by atoms with Gasteiger partial charge < -0.3 is 9.47 Å². The van der Waals surface area contributed by atoms with Gasteiger partial charge in [-0.05, 0) is 18.2 Å². The Morgan fingerprint density at radius 1 is 1.05 bits per heavy atom. The molecule has 0 unspecified atom stereocenters. The van der Waals surface area contributed by atoms with Crippen LogP contribution in [0.25, 0.3) is 0 Å². The standard InChI is InChI=1S/C15H8Cl3NO3/c16-10-5-12(18)14(6-11(10)17)21-8-15(20)22-13-4-2-1-3-9(13)7-19/h1-6H,8H2. The van der Waals surface area contributed by atoms with E-state index in [0.29, 0.717) is 0 Å². The Kier molecular flexibility index (Phi) is 5.51. The van der Waals surface area contributed by atoms with Crippen LogP contribution in [0.3, 0.4) is 0 Å². The van der Waals surface area contributed by atoms with Crippen molar-refractivity contribution in [3.8, 4) is 17.6 Å². The lowest BCUT2D eigenvalue weighted by Crippen LogP contribution is -2.18. The molecule has 0 aromatic heterocycles. The first-order valence-corrected chi connectivity index (χ1v) is 7.12. The molecule has 0 saturated carbocycles. The van der Waals surface area contributed by atoms with Crippen molar-refractivity contribution in [1.82, 2.24) is 0 Å². The molecule has 0 N–H and O–H groups in total. The molecular formula is C15H8Cl3NO3. The zero-order chi connectivity index (χ0) is 16.1. The van der Waals surface area contributed by atoms with E-state index in [1.54, 1.807) is 18.2 Å². The lowest BCUT2D eigenvalue weighted by molar-refractivity contribution is -0.136. The van der Waals surface area contributed by atoms with Gasteiger partial charge in [0.1, 0.15) is 17.6 Å². The Balaban J connectivity index is 2.02. The Hall–Kier alpha value is -1.93. The number of esters is 1. The third kappa shape index (κ3) is 4.05. The molecule has 0 saturated heterocycles. The van der Waals surface area contributed by atoms with Gasteiger partial charge in [-0.1, -0.05) is 46.9 Å². The van der Waals surface area contributed by atoms with Gasteiger partial charge in [-0.25, -0.2) is 4.79 Å². The highest BCUT2D eigenvalue weighted by Crippen LogP contribution is 2.33. The summed E-state index contributed by atoms with van der Waals surface area (Å²) in [6, 6.07) is 11.1. The van der Waals surface area contributed by atoms with Crippen molar-refractivity contribution in [1.29, 1.82) is 5.26 Å². The second kappa shape index (κ2) is 7.37. The van der Waals surface area contributed by atoms with Gasteiger partial charge in [0.15, 0.2) is 6.61 Å². The van der Waals surface area contributed by atoms with Crippen molar-refractivity contribution in [2.24, 2.45) is 0 Å². The molecule has 2 rings (SSSR count). The topological polar surface area (TPSA) is 59.3 Å². The maximum atomic E-state index is 11.8. The summed E-state index contributed by atoms with van der Waals surface area (Å²) < 4.78 is 10.3. The lowest BCUT2D eigenvalue weighted by atomic mass is 10.2. The third-order valence-corrected chi connectivity index (χ3v) is 3.57. The number of nitriles is 1. The first-order valence-electron chi connectivity index (χ1n) is 5.98. The average Bonchev–Trinajstić information content (AvgIpc) is 2.50. The molecule has 0 atom stereocenters. The van der Waals surface area contributed by atoms with E-state index >= 15 is 0 Å². The summed E-state index contributed by atoms with van der Waals surface area (Å²) in [6.07, 6.45) is 0. The summed E-state index contributed by atoms with van der Waals surface area (Å²) in [4.78, 5) is 11.8. The minimum atomic E-state index is -0.676. The fourth-order valence-corrected chi connectivity index (χ4v) is 2.14. The third-order valence-electron chi connectivity index (χ3n) is 2.55. The van der Waals surface area contributed by atoms with E-state index in [9.17, 15) is 4.79 Å². The van der Waals surface area contributed by atoms with Crippen molar-refractivity contribution in [2.75, 3.05) is 6.61 Å². The van der Waals surface area contributed by atoms with Crippen molar-refractivity contribution in [3.05, 3.63) is 57.0 Å². The first kappa shape index (κ1) is 16.4. The number of para-hydroxylation sites is 1. The monoisotopic (exact) mass is 355 g/mol. The van der Waals surface area contributed by atoms with Crippen LogP contribution in [0.5, 0.6) is 11.5 Å². The molecule has 2 aromatic rings. The van der Waals surface area contributed by atoms with Crippen LogP contribution in [0.1, 0.15) is 5.56 Å². The molecule has 22 heavy (non-hydrogen) atoms. The molecule has 0 heterocycles. The number of rotatable bonds is 4. The van der Waals surface area contributed by atoms with Crippen LogP contribution >= 0.6 is 34.8 Å². The second-order valence-corrected chi connectivity index (χ2v) is 5.29. The van der Waals surface area contributed by atoms with Gasteiger partial charge in [-0.3, -0.25) is 0 Å². The number of ether oxygens (including phenoxy) is 2. The predicted molar refractivity (Wildman–Crippen MR) is 83.8 cm³/mol.